The number of benzene rings is 3. The molecule has 2 amide bonds. The molecule has 0 N–H and O–H groups in total. The smallest absolute Gasteiger partial charge is 0.266 e. The van der Waals surface area contributed by atoms with E-state index in [-0.39, 0.29) is 18.2 Å². The van der Waals surface area contributed by atoms with Crippen molar-refractivity contribution in [1.29, 1.82) is 0 Å². The van der Waals surface area contributed by atoms with E-state index in [0.717, 1.165) is 17.7 Å². The topological polar surface area (TPSA) is 59.0 Å². The Labute approximate surface area is 205 Å². The molecule has 0 aliphatic carbocycles. The molecule has 174 valence electrons. The summed E-state index contributed by atoms with van der Waals surface area (Å²) in [5, 5.41) is 4.25. The van der Waals surface area contributed by atoms with Crippen LogP contribution in [0.5, 0.6) is 0 Å². The lowest BCUT2D eigenvalue weighted by atomic mass is 9.98. The second-order valence-electron chi connectivity index (χ2n) is 9.32. The zero-order valence-corrected chi connectivity index (χ0v) is 19.8. The van der Waals surface area contributed by atoms with Crippen LogP contribution in [-0.2, 0) is 16.1 Å². The second kappa shape index (κ2) is 9.60. The summed E-state index contributed by atoms with van der Waals surface area (Å²) in [6.07, 6.45) is 1.14. The van der Waals surface area contributed by atoms with E-state index in [4.69, 9.17) is 4.84 Å². The fourth-order valence-electron chi connectivity index (χ4n) is 4.46. The van der Waals surface area contributed by atoms with Crippen LogP contribution >= 0.6 is 0 Å². The molecular weight excluding hydrogens is 436 g/mol. The minimum Gasteiger partial charge on any atom is -0.391 e. The van der Waals surface area contributed by atoms with Crippen molar-refractivity contribution in [3.63, 3.8) is 0 Å². The summed E-state index contributed by atoms with van der Waals surface area (Å²) in [6, 6.07) is 22.7. The number of anilines is 1. The number of rotatable bonds is 5. The molecule has 5 rings (SSSR count). The summed E-state index contributed by atoms with van der Waals surface area (Å²) in [4.78, 5) is 33.9. The lowest BCUT2D eigenvalue weighted by Crippen LogP contribution is -2.40. The van der Waals surface area contributed by atoms with Crippen molar-refractivity contribution in [2.45, 2.75) is 39.2 Å². The summed E-state index contributed by atoms with van der Waals surface area (Å²) in [6.45, 7) is 4.40. The fourth-order valence-corrected chi connectivity index (χ4v) is 4.46. The Morgan fingerprint density at radius 1 is 1.00 bits per heavy atom. The summed E-state index contributed by atoms with van der Waals surface area (Å²) in [7, 11) is 0. The molecule has 1 atom stereocenters. The number of amides is 2. The van der Waals surface area contributed by atoms with Crippen LogP contribution in [0.1, 0.15) is 59.3 Å². The maximum absolute atomic E-state index is 13.5. The van der Waals surface area contributed by atoms with Crippen LogP contribution in [0.4, 0.5) is 5.69 Å². The number of para-hydroxylation sites is 1. The molecule has 0 spiro atoms. The Bertz CT molecular complexity index is 1380. The van der Waals surface area contributed by atoms with Crippen molar-refractivity contribution < 1.29 is 14.4 Å². The van der Waals surface area contributed by atoms with Crippen LogP contribution in [0.25, 0.3) is 0 Å². The van der Waals surface area contributed by atoms with E-state index in [0.29, 0.717) is 34.7 Å². The van der Waals surface area contributed by atoms with Gasteiger partial charge in [-0.25, -0.2) is 4.90 Å². The average Bonchev–Trinajstić information content (AvgIpc) is 3.31. The molecule has 5 nitrogen and oxygen atoms in total. The van der Waals surface area contributed by atoms with Crippen molar-refractivity contribution in [2.75, 3.05) is 4.90 Å². The highest BCUT2D eigenvalue weighted by Gasteiger charge is 2.33. The van der Waals surface area contributed by atoms with Crippen LogP contribution in [-0.4, -0.2) is 23.6 Å². The van der Waals surface area contributed by atoms with E-state index in [9.17, 15) is 9.59 Å². The first-order chi connectivity index (χ1) is 17.0. The van der Waals surface area contributed by atoms with Gasteiger partial charge in [-0.1, -0.05) is 79.4 Å². The number of nitrogens with zero attached hydrogens (tertiary/aromatic N) is 2. The van der Waals surface area contributed by atoms with E-state index in [1.807, 2.05) is 18.2 Å². The number of hydrogen-bond acceptors (Lipinski definition) is 4. The lowest BCUT2D eigenvalue weighted by Gasteiger charge is -2.24. The SMILES string of the molecule is CC(C)Cc1ccc(C2=NOC(CC(=O)N3C(=O)c4ccccc4C#Cc4ccccc43)C2)cc1. The van der Waals surface area contributed by atoms with Crippen molar-refractivity contribution in [3.8, 4) is 11.8 Å². The zero-order chi connectivity index (χ0) is 24.4. The Morgan fingerprint density at radius 3 is 2.46 bits per heavy atom. The molecule has 5 heteroatoms. The second-order valence-corrected chi connectivity index (χ2v) is 9.32. The molecule has 0 fully saturated rings. The number of fused-ring (bicyclic) bond motifs is 2. The predicted octanol–water partition coefficient (Wildman–Crippen LogP) is 5.36. The third kappa shape index (κ3) is 4.74. The summed E-state index contributed by atoms with van der Waals surface area (Å²) in [5.41, 5.74) is 5.23. The van der Waals surface area contributed by atoms with Crippen LogP contribution in [0, 0.1) is 17.8 Å². The lowest BCUT2D eigenvalue weighted by molar-refractivity contribution is -0.120. The molecule has 2 aliphatic heterocycles. The number of hydrogen-bond donors (Lipinski definition) is 0. The number of oxime groups is 1. The monoisotopic (exact) mass is 462 g/mol. The Balaban J connectivity index is 1.35. The number of carbonyl (C=O) groups excluding carboxylic acids is 2. The highest BCUT2D eigenvalue weighted by atomic mass is 16.6. The predicted molar refractivity (Wildman–Crippen MR) is 136 cm³/mol. The van der Waals surface area contributed by atoms with Crippen molar-refractivity contribution in [1.82, 2.24) is 0 Å². The van der Waals surface area contributed by atoms with Gasteiger partial charge in [0, 0.05) is 17.5 Å². The van der Waals surface area contributed by atoms with Gasteiger partial charge in [-0.15, -0.1) is 0 Å². The molecule has 0 saturated heterocycles. The number of carbonyl (C=O) groups is 2. The van der Waals surface area contributed by atoms with Crippen LogP contribution in [0.15, 0.2) is 78.0 Å². The van der Waals surface area contributed by atoms with Gasteiger partial charge in [0.1, 0.15) is 6.10 Å². The molecule has 0 saturated carbocycles. The standard InChI is InChI=1S/C30H26N2O3/c1-20(2)17-21-11-13-23(14-12-21)27-18-25(35-31-27)19-29(33)32-28-10-6-4-8-24(28)16-15-22-7-3-5-9-26(22)30(32)34/h3-14,20,25H,17-19H2,1-2H3. The highest BCUT2D eigenvalue weighted by molar-refractivity contribution is 6.22. The Kier molecular flexibility index (Phi) is 6.20. The van der Waals surface area contributed by atoms with Gasteiger partial charge in [0.15, 0.2) is 0 Å². The highest BCUT2D eigenvalue weighted by Crippen LogP contribution is 2.28. The zero-order valence-electron chi connectivity index (χ0n) is 19.8. The molecule has 0 radical (unpaired) electrons. The van der Waals surface area contributed by atoms with Gasteiger partial charge < -0.3 is 4.84 Å². The van der Waals surface area contributed by atoms with Gasteiger partial charge in [0.05, 0.1) is 23.4 Å². The van der Waals surface area contributed by atoms with Crippen LogP contribution in [0.2, 0.25) is 0 Å². The quantitative estimate of drug-likeness (QED) is 0.480. The molecule has 2 aliphatic rings. The normalized spacial score (nSPS) is 16.3. The largest absolute Gasteiger partial charge is 0.391 e. The van der Waals surface area contributed by atoms with Gasteiger partial charge >= 0.3 is 0 Å². The van der Waals surface area contributed by atoms with E-state index in [1.54, 1.807) is 30.3 Å². The molecule has 2 heterocycles. The first kappa shape index (κ1) is 22.6. The molecule has 35 heavy (non-hydrogen) atoms. The molecule has 0 bridgehead atoms. The molecule has 3 aromatic rings. The minimum absolute atomic E-state index is 0.0358. The molecule has 3 aromatic carbocycles. The molecular formula is C30H26N2O3. The minimum atomic E-state index is -0.431. The van der Waals surface area contributed by atoms with Crippen LogP contribution < -0.4 is 4.90 Å². The van der Waals surface area contributed by atoms with Gasteiger partial charge in [-0.3, -0.25) is 9.59 Å². The van der Waals surface area contributed by atoms with Crippen molar-refractivity contribution in [2.24, 2.45) is 11.1 Å². The Morgan fingerprint density at radius 2 is 1.69 bits per heavy atom. The molecule has 1 unspecified atom stereocenters. The van der Waals surface area contributed by atoms with Gasteiger partial charge in [-0.2, -0.15) is 0 Å². The summed E-state index contributed by atoms with van der Waals surface area (Å²) >= 11 is 0. The van der Waals surface area contributed by atoms with E-state index >= 15 is 0 Å². The maximum Gasteiger partial charge on any atom is 0.266 e. The molecule has 0 aromatic heterocycles. The van der Waals surface area contributed by atoms with Crippen LogP contribution in [0.3, 0.4) is 0 Å². The average molecular weight is 463 g/mol. The summed E-state index contributed by atoms with van der Waals surface area (Å²) in [5.74, 6) is 6.06. The first-order valence-electron chi connectivity index (χ1n) is 11.9. The van der Waals surface area contributed by atoms with E-state index < -0.39 is 6.10 Å². The maximum atomic E-state index is 13.5. The van der Waals surface area contributed by atoms with Gasteiger partial charge in [0.25, 0.3) is 5.91 Å². The first-order valence-corrected chi connectivity index (χ1v) is 11.9. The third-order valence-corrected chi connectivity index (χ3v) is 6.15. The van der Waals surface area contributed by atoms with Crippen molar-refractivity contribution in [3.05, 3.63) is 101 Å². The van der Waals surface area contributed by atoms with E-state index in [2.05, 4.69) is 55.1 Å². The van der Waals surface area contributed by atoms with E-state index in [1.165, 1.54) is 10.5 Å². The van der Waals surface area contributed by atoms with Gasteiger partial charge in [0.2, 0.25) is 5.91 Å². The fraction of sp³-hybridized carbons (Fsp3) is 0.233. The third-order valence-electron chi connectivity index (χ3n) is 6.15. The van der Waals surface area contributed by atoms with Crippen molar-refractivity contribution >= 4 is 23.2 Å². The number of imide groups is 1. The Hall–Kier alpha value is -4.17. The summed E-state index contributed by atoms with van der Waals surface area (Å²) < 4.78 is 0. The van der Waals surface area contributed by atoms with Gasteiger partial charge in [-0.05, 0) is 47.7 Å².